The van der Waals surface area contributed by atoms with Crippen molar-refractivity contribution in [2.75, 3.05) is 19.6 Å². The summed E-state index contributed by atoms with van der Waals surface area (Å²) in [5, 5.41) is 85.1. The number of ether oxygens (including phenoxy) is 9. The fourth-order valence-electron chi connectivity index (χ4n) is 11.7. The minimum absolute atomic E-state index is 0.0231. The third-order valence-corrected chi connectivity index (χ3v) is 15.7. The Labute approximate surface area is 453 Å². The summed E-state index contributed by atoms with van der Waals surface area (Å²) < 4.78 is 55.6. The first kappa shape index (κ1) is 66.7. The van der Waals surface area contributed by atoms with Gasteiger partial charge in [0.25, 0.3) is 0 Å². The molecule has 27 heteroatoms. The third-order valence-electron chi connectivity index (χ3n) is 15.7. The smallest absolute Gasteiger partial charge is 0.186 e. The van der Waals surface area contributed by atoms with E-state index in [-0.39, 0.29) is 31.0 Å². The Bertz CT molecular complexity index is 1820. The van der Waals surface area contributed by atoms with E-state index in [1.54, 1.807) is 13.8 Å². The minimum Gasteiger partial charge on any atom is -0.389 e. The molecule has 4 saturated heterocycles. The molecule has 4 heterocycles. The Morgan fingerprint density at radius 3 is 1.26 bits per heavy atom. The lowest BCUT2D eigenvalue weighted by molar-refractivity contribution is -0.306. The van der Waals surface area contributed by atoms with Crippen LogP contribution in [0.4, 0.5) is 0 Å². The molecule has 17 unspecified atom stereocenters. The molecule has 454 valence electrons. The Morgan fingerprint density at radius 2 is 0.805 bits per heavy atom. The highest BCUT2D eigenvalue weighted by molar-refractivity contribution is 5.07. The van der Waals surface area contributed by atoms with Gasteiger partial charge in [0.15, 0.2) is 18.9 Å². The topological polar surface area (TPSA) is 505 Å². The van der Waals surface area contributed by atoms with E-state index in [9.17, 15) is 40.9 Å². The number of aliphatic hydroxyl groups is 8. The number of hydrogen-bond acceptors (Lipinski definition) is 27. The van der Waals surface area contributed by atoms with Gasteiger partial charge in [0.05, 0.1) is 47.6 Å². The molecule has 0 radical (unpaired) electrons. The molecular weight excluding hydrogens is 1010 g/mol. The summed E-state index contributed by atoms with van der Waals surface area (Å²) in [6.07, 6.45) is -21.0. The summed E-state index contributed by atoms with van der Waals surface area (Å²) in [4.78, 5) is 0. The van der Waals surface area contributed by atoms with Gasteiger partial charge in [-0.05, 0) is 64.7 Å². The first-order chi connectivity index (χ1) is 35.4. The van der Waals surface area contributed by atoms with Gasteiger partial charge >= 0.3 is 0 Å². The maximum absolute atomic E-state index is 12.0. The molecule has 28 N–H and O–H groups in total. The van der Waals surface area contributed by atoms with Crippen LogP contribution in [0.15, 0.2) is 0 Å². The molecule has 2 aliphatic carbocycles. The van der Waals surface area contributed by atoms with E-state index < -0.39 is 188 Å². The second-order valence-corrected chi connectivity index (χ2v) is 26.1. The van der Waals surface area contributed by atoms with Gasteiger partial charge in [-0.3, -0.25) is 0 Å². The molecule has 0 spiro atoms. The van der Waals surface area contributed by atoms with Crippen molar-refractivity contribution in [1.82, 2.24) is 0 Å². The van der Waals surface area contributed by atoms with E-state index in [0.717, 1.165) is 0 Å². The number of nitrogens with two attached hydrogens (primary N) is 10. The molecule has 6 fully saturated rings. The lowest BCUT2D eigenvalue weighted by Crippen LogP contribution is -2.68. The van der Waals surface area contributed by atoms with E-state index >= 15 is 0 Å². The third kappa shape index (κ3) is 15.6. The average Bonchev–Trinajstić information content (AvgIpc) is 3.58. The van der Waals surface area contributed by atoms with Gasteiger partial charge in [-0.25, -0.2) is 0 Å². The molecule has 6 aliphatic rings. The van der Waals surface area contributed by atoms with Gasteiger partial charge in [0, 0.05) is 49.7 Å². The molecule has 6 rings (SSSR count). The van der Waals surface area contributed by atoms with Crippen LogP contribution in [0.2, 0.25) is 0 Å². The molecule has 0 aromatic heterocycles. The SMILES string of the molecule is CC(C)(C)C[C@H]1OC(O[C@@H]2C(C(C)(C)C)[C@H](N)CC(N)[C@H]2O[C@@H]2OC(CN)[C@@H](O)[C@H](O)C2N)[C@@H](O)[C@H]1OC(C)(C)[C@H]1O[C@@H](CN)[C@@H](O)C(O)C1N.CC(C)(C)OC1C(N)CC(N)C(OC2OC(CN)C(O)C(O)C2N)C1O. The Kier molecular flexibility index (Phi) is 22.7. The monoisotopic (exact) mass is 1110 g/mol. The van der Waals surface area contributed by atoms with Gasteiger partial charge in [0.2, 0.25) is 0 Å². The first-order valence-corrected chi connectivity index (χ1v) is 27.2. The van der Waals surface area contributed by atoms with Gasteiger partial charge < -0.3 is 141 Å². The molecule has 0 amide bonds. The molecule has 0 aromatic rings. The van der Waals surface area contributed by atoms with Crippen LogP contribution in [-0.2, 0) is 42.6 Å². The van der Waals surface area contributed by atoms with Crippen LogP contribution in [0, 0.1) is 16.7 Å². The van der Waals surface area contributed by atoms with Crippen molar-refractivity contribution in [2.45, 2.75) is 278 Å². The summed E-state index contributed by atoms with van der Waals surface area (Å²) in [7, 11) is 0. The molecule has 29 atom stereocenters. The van der Waals surface area contributed by atoms with Crippen molar-refractivity contribution in [3.63, 3.8) is 0 Å². The van der Waals surface area contributed by atoms with Crippen LogP contribution >= 0.6 is 0 Å². The average molecular weight is 1120 g/mol. The van der Waals surface area contributed by atoms with Crippen molar-refractivity contribution in [1.29, 1.82) is 0 Å². The minimum atomic E-state index is -1.37. The van der Waals surface area contributed by atoms with Crippen LogP contribution in [0.25, 0.3) is 0 Å². The Balaban J connectivity index is 0.000000352. The van der Waals surface area contributed by atoms with Gasteiger partial charge in [0.1, 0.15) is 91.6 Å². The molecule has 0 bridgehead atoms. The van der Waals surface area contributed by atoms with Gasteiger partial charge in [-0.2, -0.15) is 0 Å². The predicted octanol–water partition coefficient (Wildman–Crippen LogP) is -6.62. The van der Waals surface area contributed by atoms with E-state index in [1.165, 1.54) is 0 Å². The molecule has 27 nitrogen and oxygen atoms in total. The highest BCUT2D eigenvalue weighted by atomic mass is 16.7. The summed E-state index contributed by atoms with van der Waals surface area (Å²) in [6, 6.07) is -5.29. The zero-order valence-electron chi connectivity index (χ0n) is 47.0. The number of hydrogen-bond donors (Lipinski definition) is 18. The molecule has 77 heavy (non-hydrogen) atoms. The Morgan fingerprint density at radius 1 is 0.403 bits per heavy atom. The van der Waals surface area contributed by atoms with Crippen molar-refractivity contribution in [3.05, 3.63) is 0 Å². The van der Waals surface area contributed by atoms with Crippen molar-refractivity contribution >= 4 is 0 Å². The summed E-state index contributed by atoms with van der Waals surface area (Å²) >= 11 is 0. The maximum atomic E-state index is 12.0. The molecular formula is C50H102N10O17. The van der Waals surface area contributed by atoms with E-state index in [0.29, 0.717) is 19.3 Å². The van der Waals surface area contributed by atoms with E-state index in [4.69, 9.17) is 100.0 Å². The quantitative estimate of drug-likeness (QED) is 0.0769. The van der Waals surface area contributed by atoms with Crippen LogP contribution in [0.3, 0.4) is 0 Å². The largest absolute Gasteiger partial charge is 0.389 e. The van der Waals surface area contributed by atoms with Crippen LogP contribution in [0.1, 0.15) is 95.4 Å². The molecule has 2 saturated carbocycles. The van der Waals surface area contributed by atoms with Gasteiger partial charge in [-0.15, -0.1) is 0 Å². The second kappa shape index (κ2) is 26.2. The first-order valence-electron chi connectivity index (χ1n) is 27.2. The summed E-state index contributed by atoms with van der Waals surface area (Å²) in [5.41, 5.74) is 59.0. The molecule has 0 aromatic carbocycles. The zero-order valence-corrected chi connectivity index (χ0v) is 47.0. The van der Waals surface area contributed by atoms with Crippen LogP contribution in [0.5, 0.6) is 0 Å². The Hall–Kier alpha value is -1.08. The standard InChI is InChI=1S/C34H68N6O11.C16H34N4O6/c1-32(2,3)10-15-27(51-34(7,8)29-19(39)23(43)21(41)16(11-35)46-29)25(45)31(47-15)50-28-18(33(4,5)6)13(37)9-14(38)26(28)49-30-20(40)24(44)22(42)17(12-36)48-30;1-16(2,3)26-14-7(19)4-6(18)13(12(14)23)25-15-9(20)11(22)10(21)8(5-17)24-15/h13-31,41-45H,9-12,35-40H2,1-8H3;6-15,21-23H,4-5,17-20H2,1-3H3/t13-,14?,15-,16+,17?,18?,19?,20?,21-,22-,23?,24-,25+,26-,27+,28-,29+,30+,31?;/m1./s1. The summed E-state index contributed by atoms with van der Waals surface area (Å²) in [5.74, 6) is -0.369. The summed E-state index contributed by atoms with van der Waals surface area (Å²) in [6.45, 7) is 21.1. The van der Waals surface area contributed by atoms with E-state index in [2.05, 4.69) is 0 Å². The fraction of sp³-hybridized carbons (Fsp3) is 1.00. The number of rotatable bonds is 14. The fourth-order valence-corrected chi connectivity index (χ4v) is 11.7. The van der Waals surface area contributed by atoms with Crippen molar-refractivity contribution < 1.29 is 83.5 Å². The van der Waals surface area contributed by atoms with Crippen LogP contribution < -0.4 is 57.3 Å². The van der Waals surface area contributed by atoms with Crippen LogP contribution in [-0.4, -0.2) is 243 Å². The highest BCUT2D eigenvalue weighted by Crippen LogP contribution is 2.44. The maximum Gasteiger partial charge on any atom is 0.186 e. The predicted molar refractivity (Wildman–Crippen MR) is 280 cm³/mol. The molecule has 4 aliphatic heterocycles. The lowest BCUT2D eigenvalue weighted by Gasteiger charge is -2.51. The second-order valence-electron chi connectivity index (χ2n) is 26.1. The number of aliphatic hydroxyl groups excluding tert-OH is 8. The van der Waals surface area contributed by atoms with Gasteiger partial charge in [-0.1, -0.05) is 41.5 Å². The lowest BCUT2D eigenvalue weighted by atomic mass is 9.66. The highest BCUT2D eigenvalue weighted by Gasteiger charge is 2.58. The van der Waals surface area contributed by atoms with Crippen molar-refractivity contribution in [2.24, 2.45) is 74.1 Å². The van der Waals surface area contributed by atoms with E-state index in [1.807, 2.05) is 62.3 Å². The van der Waals surface area contributed by atoms with Crippen molar-refractivity contribution in [3.8, 4) is 0 Å². The zero-order chi connectivity index (χ0) is 58.3. The normalized spacial score (nSPS) is 47.6.